The predicted molar refractivity (Wildman–Crippen MR) is 40.7 cm³/mol. The van der Waals surface area contributed by atoms with Crippen molar-refractivity contribution < 1.29 is 0 Å². The molecule has 3 rings (SSSR count). The molecule has 2 heteroatoms. The van der Waals surface area contributed by atoms with Gasteiger partial charge in [0, 0.05) is 6.54 Å². The number of hydrogen-bond donors (Lipinski definition) is 0. The molecule has 2 aliphatic heterocycles. The van der Waals surface area contributed by atoms with Crippen LogP contribution < -0.4 is 0 Å². The minimum absolute atomic E-state index is 0.0330. The van der Waals surface area contributed by atoms with Crippen LogP contribution in [0.15, 0.2) is 12.2 Å². The Morgan fingerprint density at radius 3 is 3.18 bits per heavy atom. The molecule has 1 aliphatic carbocycles. The van der Waals surface area contributed by atoms with E-state index in [9.17, 15) is 0 Å². The highest BCUT2D eigenvalue weighted by atomic mass is 15.4. The van der Waals surface area contributed by atoms with E-state index in [0.717, 1.165) is 13.0 Å². The summed E-state index contributed by atoms with van der Waals surface area (Å²) in [6.07, 6.45) is 6.80. The average molecular weight is 146 g/mol. The third kappa shape index (κ3) is 0.431. The van der Waals surface area contributed by atoms with Crippen molar-refractivity contribution in [2.75, 3.05) is 6.54 Å². The zero-order valence-corrected chi connectivity index (χ0v) is 6.33. The molecule has 0 saturated carbocycles. The number of hydrogen-bond acceptors (Lipinski definition) is 2. The first-order valence-electron chi connectivity index (χ1n) is 4.24. The molecule has 3 aliphatic rings. The summed E-state index contributed by atoms with van der Waals surface area (Å²) in [5.74, 6) is 0.641. The van der Waals surface area contributed by atoms with Gasteiger partial charge in [-0.15, -0.1) is 0 Å². The van der Waals surface area contributed by atoms with Crippen LogP contribution >= 0.6 is 0 Å². The molecule has 0 bridgehead atoms. The SMILES string of the molecule is N#C[C@]12C3C=CC[C@H]1CCN32. The van der Waals surface area contributed by atoms with Crippen molar-refractivity contribution in [2.24, 2.45) is 5.92 Å². The fraction of sp³-hybridized carbons (Fsp3) is 0.667. The van der Waals surface area contributed by atoms with E-state index in [2.05, 4.69) is 23.1 Å². The quantitative estimate of drug-likeness (QED) is 0.375. The standard InChI is InChI=1S/C9H10N2/c10-6-9-7-2-1-3-8(9)11(9)5-4-7/h1,3,7-8H,2,4-5H2/t7-,8?,9+,11?/m0/s1. The summed E-state index contributed by atoms with van der Waals surface area (Å²) in [5.41, 5.74) is -0.0330. The van der Waals surface area contributed by atoms with E-state index in [1.165, 1.54) is 6.42 Å². The Balaban J connectivity index is 2.10. The highest BCUT2D eigenvalue weighted by Crippen LogP contribution is 2.57. The first kappa shape index (κ1) is 5.79. The second-order valence-corrected chi connectivity index (χ2v) is 3.72. The summed E-state index contributed by atoms with van der Waals surface area (Å²) in [4.78, 5) is 2.33. The molecule has 56 valence electrons. The molecule has 0 N–H and O–H groups in total. The normalized spacial score (nSPS) is 56.8. The van der Waals surface area contributed by atoms with Crippen LogP contribution in [0.1, 0.15) is 12.8 Å². The molecular formula is C9H10N2. The van der Waals surface area contributed by atoms with Crippen LogP contribution in [-0.4, -0.2) is 23.0 Å². The molecule has 2 saturated heterocycles. The Morgan fingerprint density at radius 2 is 2.55 bits per heavy atom. The van der Waals surface area contributed by atoms with Crippen LogP contribution in [0.4, 0.5) is 0 Å². The zero-order valence-electron chi connectivity index (χ0n) is 6.33. The maximum atomic E-state index is 9.05. The van der Waals surface area contributed by atoms with Crippen LogP contribution in [0.5, 0.6) is 0 Å². The molecule has 11 heavy (non-hydrogen) atoms. The highest BCUT2D eigenvalue weighted by molar-refractivity contribution is 5.41. The minimum atomic E-state index is -0.0330. The van der Waals surface area contributed by atoms with E-state index in [-0.39, 0.29) is 5.54 Å². The zero-order chi connectivity index (χ0) is 7.47. The lowest BCUT2D eigenvalue weighted by molar-refractivity contribution is 0.466. The Hall–Kier alpha value is -0.810. The second-order valence-electron chi connectivity index (χ2n) is 3.72. The Labute approximate surface area is 66.1 Å². The van der Waals surface area contributed by atoms with Crippen LogP contribution in [-0.2, 0) is 0 Å². The van der Waals surface area contributed by atoms with Gasteiger partial charge in [-0.05, 0) is 18.8 Å². The Bertz CT molecular complexity index is 276. The number of piperidine rings is 1. The van der Waals surface area contributed by atoms with E-state index >= 15 is 0 Å². The summed E-state index contributed by atoms with van der Waals surface area (Å²) in [6, 6.07) is 2.98. The van der Waals surface area contributed by atoms with Crippen LogP contribution in [0.25, 0.3) is 0 Å². The van der Waals surface area contributed by atoms with Gasteiger partial charge in [-0.1, -0.05) is 12.2 Å². The van der Waals surface area contributed by atoms with Crippen LogP contribution in [0.3, 0.4) is 0 Å². The van der Waals surface area contributed by atoms with Gasteiger partial charge in [0.1, 0.15) is 5.54 Å². The number of fused-ring (bicyclic) bond motifs is 1. The van der Waals surface area contributed by atoms with Gasteiger partial charge < -0.3 is 0 Å². The maximum Gasteiger partial charge on any atom is 0.132 e. The third-order valence-electron chi connectivity index (χ3n) is 3.45. The summed E-state index contributed by atoms with van der Waals surface area (Å²) in [7, 11) is 0. The molecule has 0 aromatic rings. The molecule has 2 fully saturated rings. The molecule has 2 nitrogen and oxygen atoms in total. The van der Waals surface area contributed by atoms with Gasteiger partial charge in [0.15, 0.2) is 0 Å². The number of nitriles is 1. The third-order valence-corrected chi connectivity index (χ3v) is 3.45. The monoisotopic (exact) mass is 146 g/mol. The van der Waals surface area contributed by atoms with Crippen molar-refractivity contribution in [1.82, 2.24) is 4.90 Å². The smallest absolute Gasteiger partial charge is 0.132 e. The summed E-state index contributed by atoms with van der Waals surface area (Å²) in [5, 5.41) is 9.05. The van der Waals surface area contributed by atoms with E-state index in [0.29, 0.717) is 12.0 Å². The van der Waals surface area contributed by atoms with Crippen molar-refractivity contribution in [2.45, 2.75) is 24.4 Å². The van der Waals surface area contributed by atoms with Crippen molar-refractivity contribution in [1.29, 1.82) is 5.26 Å². The van der Waals surface area contributed by atoms with Crippen LogP contribution in [0, 0.1) is 17.2 Å². The number of nitrogens with zero attached hydrogens (tertiary/aromatic N) is 2. The Morgan fingerprint density at radius 1 is 1.64 bits per heavy atom. The van der Waals surface area contributed by atoms with Crippen molar-refractivity contribution in [3.05, 3.63) is 12.2 Å². The van der Waals surface area contributed by atoms with E-state index in [4.69, 9.17) is 5.26 Å². The number of rotatable bonds is 0. The Kier molecular flexibility index (Phi) is 0.796. The summed E-state index contributed by atoms with van der Waals surface area (Å²) in [6.45, 7) is 1.15. The first-order valence-corrected chi connectivity index (χ1v) is 4.24. The average Bonchev–Trinajstić information content (AvgIpc) is 2.49. The minimum Gasteiger partial charge on any atom is -0.274 e. The van der Waals surface area contributed by atoms with Crippen LogP contribution in [0.2, 0.25) is 0 Å². The van der Waals surface area contributed by atoms with Crippen molar-refractivity contribution >= 4 is 0 Å². The molecule has 0 spiro atoms. The van der Waals surface area contributed by atoms with Gasteiger partial charge in [-0.3, -0.25) is 4.90 Å². The molecule has 2 unspecified atom stereocenters. The fourth-order valence-corrected chi connectivity index (χ4v) is 2.84. The van der Waals surface area contributed by atoms with E-state index in [1.807, 2.05) is 0 Å². The summed E-state index contributed by atoms with van der Waals surface area (Å²) < 4.78 is 0. The van der Waals surface area contributed by atoms with E-state index < -0.39 is 0 Å². The largest absolute Gasteiger partial charge is 0.274 e. The summed E-state index contributed by atoms with van der Waals surface area (Å²) >= 11 is 0. The first-order chi connectivity index (χ1) is 5.39. The lowest BCUT2D eigenvalue weighted by Gasteiger charge is -2.17. The van der Waals surface area contributed by atoms with Gasteiger partial charge in [-0.25, -0.2) is 0 Å². The lowest BCUT2D eigenvalue weighted by Crippen LogP contribution is -2.24. The topological polar surface area (TPSA) is 26.8 Å². The predicted octanol–water partition coefficient (Wildman–Crippen LogP) is 0.913. The van der Waals surface area contributed by atoms with Gasteiger partial charge in [0.2, 0.25) is 0 Å². The number of allylic oxidation sites excluding steroid dienone is 1. The highest BCUT2D eigenvalue weighted by Gasteiger charge is 2.70. The maximum absolute atomic E-state index is 9.05. The molecule has 2 heterocycles. The molecular weight excluding hydrogens is 136 g/mol. The molecule has 0 amide bonds. The molecule has 4 atom stereocenters. The fourth-order valence-electron chi connectivity index (χ4n) is 2.84. The van der Waals surface area contributed by atoms with Crippen molar-refractivity contribution in [3.8, 4) is 6.07 Å². The van der Waals surface area contributed by atoms with Gasteiger partial charge >= 0.3 is 0 Å². The van der Waals surface area contributed by atoms with Gasteiger partial charge in [0.25, 0.3) is 0 Å². The van der Waals surface area contributed by atoms with E-state index in [1.54, 1.807) is 0 Å². The molecule has 0 aromatic carbocycles. The molecule has 0 radical (unpaired) electrons. The second kappa shape index (κ2) is 1.51. The lowest BCUT2D eigenvalue weighted by atomic mass is 9.82. The molecule has 0 aromatic heterocycles. The van der Waals surface area contributed by atoms with Gasteiger partial charge in [-0.2, -0.15) is 5.26 Å². The van der Waals surface area contributed by atoms with Gasteiger partial charge in [0.05, 0.1) is 12.1 Å². The van der Waals surface area contributed by atoms with Crippen molar-refractivity contribution in [3.63, 3.8) is 0 Å².